The highest BCUT2D eigenvalue weighted by Gasteiger charge is 2.24. The van der Waals surface area contributed by atoms with E-state index in [0.29, 0.717) is 11.3 Å². The zero-order chi connectivity index (χ0) is 24.4. The number of nitro groups is 1. The SMILES string of the molecule is Cc1cc(=O)c(C(=O)N(C)Cc2ccc(C(=O)NC3CC3)cc2)nn1-c1ccccc1[N+](=O)[O-]. The van der Waals surface area contributed by atoms with Gasteiger partial charge >= 0.3 is 0 Å². The van der Waals surface area contributed by atoms with Gasteiger partial charge in [-0.15, -0.1) is 0 Å². The molecule has 2 amide bonds. The lowest BCUT2D eigenvalue weighted by atomic mass is 10.1. The van der Waals surface area contributed by atoms with Crippen molar-refractivity contribution >= 4 is 17.5 Å². The molecule has 0 spiro atoms. The highest BCUT2D eigenvalue weighted by atomic mass is 16.6. The fourth-order valence-corrected chi connectivity index (χ4v) is 3.52. The number of carbonyl (C=O) groups excluding carboxylic acids is 2. The zero-order valence-electron chi connectivity index (χ0n) is 18.7. The zero-order valence-corrected chi connectivity index (χ0v) is 18.7. The van der Waals surface area contributed by atoms with Gasteiger partial charge in [0.05, 0.1) is 4.92 Å². The van der Waals surface area contributed by atoms with Gasteiger partial charge in [0.25, 0.3) is 17.5 Å². The molecule has 0 saturated heterocycles. The second kappa shape index (κ2) is 9.26. The van der Waals surface area contributed by atoms with Gasteiger partial charge in [-0.3, -0.25) is 24.5 Å². The Morgan fingerprint density at radius 1 is 1.18 bits per heavy atom. The van der Waals surface area contributed by atoms with E-state index in [0.717, 1.165) is 18.4 Å². The lowest BCUT2D eigenvalue weighted by Gasteiger charge is -2.18. The number of carbonyl (C=O) groups is 2. The number of hydrogen-bond acceptors (Lipinski definition) is 6. The van der Waals surface area contributed by atoms with Crippen LogP contribution in [0.1, 0.15) is 44.9 Å². The summed E-state index contributed by atoms with van der Waals surface area (Å²) in [6.07, 6.45) is 2.01. The number of para-hydroxylation sites is 2. The van der Waals surface area contributed by atoms with Crippen molar-refractivity contribution in [2.45, 2.75) is 32.4 Å². The number of hydrogen-bond donors (Lipinski definition) is 1. The standard InChI is InChI=1S/C24H23N5O5/c1-15-13-21(30)22(26-28(15)19-5-3-4-6-20(19)29(33)34)24(32)27(2)14-16-7-9-17(10-8-16)23(31)25-18-11-12-18/h3-10,13,18H,11-12,14H2,1-2H3,(H,25,31). The predicted molar refractivity (Wildman–Crippen MR) is 124 cm³/mol. The van der Waals surface area contributed by atoms with Crippen LogP contribution in [-0.4, -0.2) is 44.5 Å². The molecule has 2 aromatic carbocycles. The number of amides is 2. The molecule has 1 aromatic heterocycles. The number of nitrogens with zero attached hydrogens (tertiary/aromatic N) is 4. The van der Waals surface area contributed by atoms with Gasteiger partial charge in [0.15, 0.2) is 5.69 Å². The fraction of sp³-hybridized carbons (Fsp3) is 0.250. The van der Waals surface area contributed by atoms with Crippen molar-refractivity contribution in [2.75, 3.05) is 7.05 Å². The third-order valence-corrected chi connectivity index (χ3v) is 5.51. The Bertz CT molecular complexity index is 1330. The van der Waals surface area contributed by atoms with Crippen molar-refractivity contribution < 1.29 is 14.5 Å². The summed E-state index contributed by atoms with van der Waals surface area (Å²) in [4.78, 5) is 49.9. The molecule has 4 rings (SSSR count). The molecule has 0 radical (unpaired) electrons. The Morgan fingerprint density at radius 2 is 1.85 bits per heavy atom. The topological polar surface area (TPSA) is 127 Å². The molecule has 1 fully saturated rings. The lowest BCUT2D eigenvalue weighted by molar-refractivity contribution is -0.384. The highest BCUT2D eigenvalue weighted by Crippen LogP contribution is 2.22. The van der Waals surface area contributed by atoms with E-state index >= 15 is 0 Å². The van der Waals surface area contributed by atoms with Crippen LogP contribution in [-0.2, 0) is 6.54 Å². The minimum atomic E-state index is -0.618. The number of aromatic nitrogens is 2. The summed E-state index contributed by atoms with van der Waals surface area (Å²) in [5.74, 6) is -0.745. The van der Waals surface area contributed by atoms with Gasteiger partial charge in [0.2, 0.25) is 5.43 Å². The maximum Gasteiger partial charge on any atom is 0.294 e. The van der Waals surface area contributed by atoms with Crippen LogP contribution in [0, 0.1) is 17.0 Å². The molecule has 1 aliphatic rings. The van der Waals surface area contributed by atoms with Gasteiger partial charge in [0, 0.05) is 43.0 Å². The summed E-state index contributed by atoms with van der Waals surface area (Å²) in [6.45, 7) is 1.77. The average molecular weight is 461 g/mol. The van der Waals surface area contributed by atoms with Crippen molar-refractivity contribution in [1.82, 2.24) is 20.0 Å². The largest absolute Gasteiger partial charge is 0.349 e. The van der Waals surface area contributed by atoms with Gasteiger partial charge in [-0.05, 0) is 43.5 Å². The van der Waals surface area contributed by atoms with E-state index in [1.54, 1.807) is 37.3 Å². The van der Waals surface area contributed by atoms with Gasteiger partial charge < -0.3 is 10.2 Å². The van der Waals surface area contributed by atoms with Gasteiger partial charge in [-0.1, -0.05) is 24.3 Å². The quantitative estimate of drug-likeness (QED) is 0.426. The second-order valence-corrected chi connectivity index (χ2v) is 8.26. The Labute approximate surface area is 195 Å². The van der Waals surface area contributed by atoms with Gasteiger partial charge in [-0.25, -0.2) is 4.68 Å². The first kappa shape index (κ1) is 22.8. The maximum absolute atomic E-state index is 13.0. The van der Waals surface area contributed by atoms with Crippen LogP contribution in [0.15, 0.2) is 59.4 Å². The van der Waals surface area contributed by atoms with Crippen molar-refractivity contribution in [3.05, 3.63) is 97.4 Å². The first-order valence-electron chi connectivity index (χ1n) is 10.7. The molecule has 0 unspecified atom stereocenters. The number of nitrogens with one attached hydrogen (secondary N) is 1. The summed E-state index contributed by atoms with van der Waals surface area (Å²) in [5, 5.41) is 18.5. The van der Waals surface area contributed by atoms with E-state index in [2.05, 4.69) is 10.4 Å². The lowest BCUT2D eigenvalue weighted by Crippen LogP contribution is -2.33. The first-order chi connectivity index (χ1) is 16.2. The molecule has 1 N–H and O–H groups in total. The Kier molecular flexibility index (Phi) is 6.22. The summed E-state index contributed by atoms with van der Waals surface area (Å²) in [6, 6.07) is 14.4. The van der Waals surface area contributed by atoms with Crippen LogP contribution in [0.25, 0.3) is 5.69 Å². The third kappa shape index (κ3) is 4.85. The predicted octanol–water partition coefficient (Wildman–Crippen LogP) is 2.61. The molecule has 174 valence electrons. The summed E-state index contributed by atoms with van der Waals surface area (Å²) in [5.41, 5.74) is 0.713. The Balaban J connectivity index is 1.55. The van der Waals surface area contributed by atoms with Crippen LogP contribution in [0.5, 0.6) is 0 Å². The Hall–Kier alpha value is -4.34. The van der Waals surface area contributed by atoms with Gasteiger partial charge in [-0.2, -0.15) is 5.10 Å². The van der Waals surface area contributed by atoms with Crippen molar-refractivity contribution in [3.8, 4) is 5.69 Å². The van der Waals surface area contributed by atoms with Crippen LogP contribution in [0.4, 0.5) is 5.69 Å². The third-order valence-electron chi connectivity index (χ3n) is 5.51. The molecule has 10 heteroatoms. The summed E-state index contributed by atoms with van der Waals surface area (Å²) in [7, 11) is 1.53. The summed E-state index contributed by atoms with van der Waals surface area (Å²) >= 11 is 0. The molecule has 1 aliphatic carbocycles. The van der Waals surface area contributed by atoms with Crippen LogP contribution in [0.2, 0.25) is 0 Å². The van der Waals surface area contributed by atoms with E-state index in [1.807, 2.05) is 0 Å². The molecule has 10 nitrogen and oxygen atoms in total. The smallest absolute Gasteiger partial charge is 0.294 e. The maximum atomic E-state index is 13.0. The average Bonchev–Trinajstić information content (AvgIpc) is 3.63. The summed E-state index contributed by atoms with van der Waals surface area (Å²) < 4.78 is 1.23. The van der Waals surface area contributed by atoms with E-state index in [9.17, 15) is 24.5 Å². The molecule has 34 heavy (non-hydrogen) atoms. The number of benzene rings is 2. The number of aryl methyl sites for hydroxylation is 1. The van der Waals surface area contributed by atoms with E-state index in [4.69, 9.17) is 0 Å². The van der Waals surface area contributed by atoms with Crippen molar-refractivity contribution in [3.63, 3.8) is 0 Å². The molecule has 3 aromatic rings. The molecule has 1 saturated carbocycles. The number of nitro benzene ring substituents is 1. The van der Waals surface area contributed by atoms with Crippen molar-refractivity contribution in [2.24, 2.45) is 0 Å². The molecular weight excluding hydrogens is 438 g/mol. The molecule has 0 bridgehead atoms. The molecule has 0 aliphatic heterocycles. The van der Waals surface area contributed by atoms with Gasteiger partial charge in [0.1, 0.15) is 5.69 Å². The van der Waals surface area contributed by atoms with Crippen molar-refractivity contribution in [1.29, 1.82) is 0 Å². The van der Waals surface area contributed by atoms with E-state index in [-0.39, 0.29) is 35.6 Å². The first-order valence-corrected chi connectivity index (χ1v) is 10.7. The minimum absolute atomic E-state index is 0.127. The minimum Gasteiger partial charge on any atom is -0.349 e. The monoisotopic (exact) mass is 461 g/mol. The number of rotatable bonds is 7. The van der Waals surface area contributed by atoms with Crippen LogP contribution >= 0.6 is 0 Å². The molecule has 1 heterocycles. The fourth-order valence-electron chi connectivity index (χ4n) is 3.52. The highest BCUT2D eigenvalue weighted by molar-refractivity contribution is 5.94. The molecular formula is C24H23N5O5. The van der Waals surface area contributed by atoms with E-state index in [1.165, 1.54) is 40.9 Å². The second-order valence-electron chi connectivity index (χ2n) is 8.26. The Morgan fingerprint density at radius 3 is 2.50 bits per heavy atom. The molecule has 0 atom stereocenters. The van der Waals surface area contributed by atoms with Crippen LogP contribution < -0.4 is 10.7 Å². The normalized spacial score (nSPS) is 12.8. The van der Waals surface area contributed by atoms with Crippen LogP contribution in [0.3, 0.4) is 0 Å². The van der Waals surface area contributed by atoms with E-state index < -0.39 is 16.3 Å².